The van der Waals surface area contributed by atoms with E-state index >= 15 is 0 Å². The van der Waals surface area contributed by atoms with Gasteiger partial charge in [-0.15, -0.1) is 0 Å². The zero-order chi connectivity index (χ0) is 19.5. The molecule has 0 aliphatic rings. The monoisotopic (exact) mass is 376 g/mol. The van der Waals surface area contributed by atoms with Crippen LogP contribution in [0.15, 0.2) is 48.5 Å². The van der Waals surface area contributed by atoms with Gasteiger partial charge in [-0.2, -0.15) is 5.10 Å². The molecule has 0 aliphatic heterocycles. The van der Waals surface area contributed by atoms with Gasteiger partial charge in [-0.3, -0.25) is 9.89 Å². The summed E-state index contributed by atoms with van der Waals surface area (Å²) in [6, 6.07) is 15.3. The number of fused-ring (bicyclic) bond motifs is 2. The van der Waals surface area contributed by atoms with Crippen molar-refractivity contribution in [3.63, 3.8) is 0 Å². The number of amides is 1. The molecule has 0 saturated heterocycles. The van der Waals surface area contributed by atoms with Crippen molar-refractivity contribution in [3.8, 4) is 11.5 Å². The number of benzene rings is 2. The topological polar surface area (TPSA) is 89.1 Å². The van der Waals surface area contributed by atoms with Crippen LogP contribution >= 0.6 is 0 Å². The lowest BCUT2D eigenvalue weighted by Crippen LogP contribution is -2.12. The fourth-order valence-electron chi connectivity index (χ4n) is 3.05. The Morgan fingerprint density at radius 3 is 2.54 bits per heavy atom. The summed E-state index contributed by atoms with van der Waals surface area (Å²) in [6.45, 7) is 0. The number of nitrogens with one attached hydrogen (secondary N) is 2. The van der Waals surface area contributed by atoms with Crippen molar-refractivity contribution in [2.24, 2.45) is 0 Å². The largest absolute Gasteiger partial charge is 0.497 e. The molecule has 0 radical (unpaired) electrons. The maximum absolute atomic E-state index is 12.4. The Kier molecular flexibility index (Phi) is 4.80. The molecule has 28 heavy (non-hydrogen) atoms. The van der Waals surface area contributed by atoms with E-state index in [4.69, 9.17) is 9.47 Å². The van der Waals surface area contributed by atoms with Crippen LogP contribution in [0, 0.1) is 0 Å². The summed E-state index contributed by atoms with van der Waals surface area (Å²) < 4.78 is 10.4. The molecule has 0 atom stereocenters. The molecule has 0 bridgehead atoms. The number of hydrogen-bond donors (Lipinski definition) is 2. The molecule has 7 nitrogen and oxygen atoms in total. The quantitative estimate of drug-likeness (QED) is 0.536. The van der Waals surface area contributed by atoms with Crippen LogP contribution in [0.3, 0.4) is 0 Å². The number of aryl methyl sites for hydroxylation is 1. The predicted molar refractivity (Wildman–Crippen MR) is 108 cm³/mol. The van der Waals surface area contributed by atoms with E-state index in [0.29, 0.717) is 24.3 Å². The van der Waals surface area contributed by atoms with Crippen LogP contribution in [0.2, 0.25) is 0 Å². The number of pyridine rings is 1. The molecule has 2 N–H and O–H groups in total. The summed E-state index contributed by atoms with van der Waals surface area (Å²) in [5.74, 6) is 1.93. The Hall–Kier alpha value is -3.61. The summed E-state index contributed by atoms with van der Waals surface area (Å²) in [5, 5.41) is 11.7. The molecule has 2 aromatic carbocycles. The lowest BCUT2D eigenvalue weighted by atomic mass is 10.1. The number of anilines is 1. The average molecular weight is 376 g/mol. The summed E-state index contributed by atoms with van der Waals surface area (Å²) in [4.78, 5) is 16.9. The molecule has 2 heterocycles. The fourth-order valence-corrected chi connectivity index (χ4v) is 3.05. The Morgan fingerprint density at radius 2 is 1.79 bits per heavy atom. The van der Waals surface area contributed by atoms with E-state index in [1.807, 2.05) is 48.5 Å². The van der Waals surface area contributed by atoms with Gasteiger partial charge in [0.1, 0.15) is 11.5 Å². The third-order valence-electron chi connectivity index (χ3n) is 4.61. The molecule has 0 unspecified atom stereocenters. The van der Waals surface area contributed by atoms with Crippen LogP contribution in [0.1, 0.15) is 12.0 Å². The van der Waals surface area contributed by atoms with E-state index < -0.39 is 0 Å². The lowest BCUT2D eigenvalue weighted by Gasteiger charge is -2.05. The molecule has 0 fully saturated rings. The summed E-state index contributed by atoms with van der Waals surface area (Å²) in [5.41, 5.74) is 2.49. The van der Waals surface area contributed by atoms with Crippen LogP contribution < -0.4 is 14.8 Å². The molecule has 142 valence electrons. The number of hydrogen-bond acceptors (Lipinski definition) is 5. The van der Waals surface area contributed by atoms with Crippen molar-refractivity contribution in [1.29, 1.82) is 0 Å². The van der Waals surface area contributed by atoms with Crippen LogP contribution in [0.5, 0.6) is 11.5 Å². The van der Waals surface area contributed by atoms with Crippen molar-refractivity contribution < 1.29 is 14.3 Å². The van der Waals surface area contributed by atoms with Gasteiger partial charge in [-0.25, -0.2) is 4.98 Å². The SMILES string of the molecule is COc1ccc(CCC(=O)Nc2n[nH]c3nc4cc(OC)ccc4cc23)cc1. The first kappa shape index (κ1) is 17.8. The molecule has 7 heteroatoms. The fraction of sp³-hybridized carbons (Fsp3) is 0.190. The van der Waals surface area contributed by atoms with E-state index in [9.17, 15) is 4.79 Å². The minimum atomic E-state index is -0.0981. The smallest absolute Gasteiger partial charge is 0.225 e. The van der Waals surface area contributed by atoms with E-state index in [-0.39, 0.29) is 5.91 Å². The molecule has 1 amide bonds. The number of rotatable bonds is 6. The highest BCUT2D eigenvalue weighted by atomic mass is 16.5. The average Bonchev–Trinajstić information content (AvgIpc) is 3.12. The molecule has 0 aliphatic carbocycles. The van der Waals surface area contributed by atoms with Gasteiger partial charge in [0, 0.05) is 17.9 Å². The zero-order valence-electron chi connectivity index (χ0n) is 15.7. The minimum absolute atomic E-state index is 0.0981. The Bertz CT molecular complexity index is 1140. The van der Waals surface area contributed by atoms with Crippen LogP contribution in [0.4, 0.5) is 5.82 Å². The standard InChI is InChI=1S/C21H20N4O3/c1-27-15-7-3-13(4-8-15)5-10-19(26)23-21-17-11-14-6-9-16(28-2)12-18(14)22-20(17)24-25-21/h3-4,6-9,11-12H,5,10H2,1-2H3,(H2,22,23,24,25,26). The predicted octanol–water partition coefficient (Wildman–Crippen LogP) is 3.70. The molecule has 2 aromatic heterocycles. The molecule has 4 rings (SSSR count). The number of carbonyl (C=O) groups excluding carboxylic acids is 1. The van der Waals surface area contributed by atoms with E-state index in [1.54, 1.807) is 14.2 Å². The van der Waals surface area contributed by atoms with E-state index in [1.165, 1.54) is 0 Å². The van der Waals surface area contributed by atoms with Gasteiger partial charge in [0.05, 0.1) is 25.1 Å². The number of carbonyl (C=O) groups is 1. The first-order valence-electron chi connectivity index (χ1n) is 8.92. The zero-order valence-corrected chi connectivity index (χ0v) is 15.7. The second-order valence-corrected chi connectivity index (χ2v) is 6.41. The van der Waals surface area contributed by atoms with Crippen LogP contribution in [-0.2, 0) is 11.2 Å². The highest BCUT2D eigenvalue weighted by Gasteiger charge is 2.12. The van der Waals surface area contributed by atoms with Crippen molar-refractivity contribution >= 4 is 33.7 Å². The maximum Gasteiger partial charge on any atom is 0.225 e. The minimum Gasteiger partial charge on any atom is -0.497 e. The van der Waals surface area contributed by atoms with Gasteiger partial charge < -0.3 is 14.8 Å². The van der Waals surface area contributed by atoms with Gasteiger partial charge in [-0.05, 0) is 42.3 Å². The van der Waals surface area contributed by atoms with Crippen molar-refractivity contribution in [2.45, 2.75) is 12.8 Å². The Labute approximate surface area is 161 Å². The Morgan fingerprint density at radius 1 is 1.04 bits per heavy atom. The first-order chi connectivity index (χ1) is 13.7. The number of methoxy groups -OCH3 is 2. The first-order valence-corrected chi connectivity index (χ1v) is 8.92. The molecule has 0 spiro atoms. The second-order valence-electron chi connectivity index (χ2n) is 6.41. The Balaban J connectivity index is 1.49. The lowest BCUT2D eigenvalue weighted by molar-refractivity contribution is -0.116. The van der Waals surface area contributed by atoms with Crippen molar-refractivity contribution in [1.82, 2.24) is 15.2 Å². The summed E-state index contributed by atoms with van der Waals surface area (Å²) in [6.07, 6.45) is 0.998. The third kappa shape index (κ3) is 3.59. The number of nitrogens with zero attached hydrogens (tertiary/aromatic N) is 2. The van der Waals surface area contributed by atoms with Crippen LogP contribution in [0.25, 0.3) is 21.9 Å². The second kappa shape index (κ2) is 7.56. The number of ether oxygens (including phenoxy) is 2. The van der Waals surface area contributed by atoms with Gasteiger partial charge >= 0.3 is 0 Å². The number of aromatic nitrogens is 3. The molecular formula is C21H20N4O3. The maximum atomic E-state index is 12.4. The van der Waals surface area contributed by atoms with E-state index in [2.05, 4.69) is 20.5 Å². The van der Waals surface area contributed by atoms with Gasteiger partial charge in [-0.1, -0.05) is 12.1 Å². The highest BCUT2D eigenvalue weighted by Crippen LogP contribution is 2.26. The number of H-pyrrole nitrogens is 1. The van der Waals surface area contributed by atoms with Gasteiger partial charge in [0.25, 0.3) is 0 Å². The molecule has 4 aromatic rings. The van der Waals surface area contributed by atoms with E-state index in [0.717, 1.165) is 33.4 Å². The molecular weight excluding hydrogens is 356 g/mol. The normalized spacial score (nSPS) is 10.9. The highest BCUT2D eigenvalue weighted by molar-refractivity contribution is 6.02. The summed E-state index contributed by atoms with van der Waals surface area (Å²) >= 11 is 0. The van der Waals surface area contributed by atoms with Crippen molar-refractivity contribution in [2.75, 3.05) is 19.5 Å². The van der Waals surface area contributed by atoms with Gasteiger partial charge in [0.2, 0.25) is 5.91 Å². The third-order valence-corrected chi connectivity index (χ3v) is 4.61. The van der Waals surface area contributed by atoms with Crippen molar-refractivity contribution in [3.05, 3.63) is 54.1 Å². The molecule has 0 saturated carbocycles. The summed E-state index contributed by atoms with van der Waals surface area (Å²) in [7, 11) is 3.25. The van der Waals surface area contributed by atoms with Crippen LogP contribution in [-0.4, -0.2) is 35.3 Å². The van der Waals surface area contributed by atoms with Gasteiger partial charge in [0.15, 0.2) is 11.5 Å². The number of aromatic amines is 1.